The number of hydrogen-bond donors (Lipinski definition) is 1. The Morgan fingerprint density at radius 1 is 1.26 bits per heavy atom. The number of rotatable bonds is 5. The molecule has 2 aromatic heterocycles. The average molecular weight is 474 g/mol. The van der Waals surface area contributed by atoms with E-state index < -0.39 is 23.4 Å². The van der Waals surface area contributed by atoms with Gasteiger partial charge in [-0.15, -0.1) is 5.10 Å². The fraction of sp³-hybridized carbons (Fsp3) is 0.400. The second-order valence-electron chi connectivity index (χ2n) is 9.97. The Morgan fingerprint density at radius 2 is 2.06 bits per heavy atom. The van der Waals surface area contributed by atoms with Crippen molar-refractivity contribution in [2.75, 3.05) is 24.5 Å². The summed E-state index contributed by atoms with van der Waals surface area (Å²) in [5.74, 6) is -0.467. The molecule has 1 saturated carbocycles. The van der Waals surface area contributed by atoms with Crippen molar-refractivity contribution in [2.45, 2.75) is 31.9 Å². The van der Waals surface area contributed by atoms with Crippen LogP contribution in [0.25, 0.3) is 11.1 Å². The fourth-order valence-corrected chi connectivity index (χ4v) is 6.20. The number of benzene rings is 1. The van der Waals surface area contributed by atoms with Gasteiger partial charge in [-0.2, -0.15) is 5.26 Å². The molecule has 1 aliphatic carbocycles. The lowest BCUT2D eigenvalue weighted by Crippen LogP contribution is -2.30. The normalized spacial score (nSPS) is 31.2. The van der Waals surface area contributed by atoms with E-state index in [9.17, 15) is 10.1 Å². The largest absolute Gasteiger partial charge is 0.442 e. The van der Waals surface area contributed by atoms with E-state index in [4.69, 9.17) is 4.74 Å². The number of fused-ring (bicyclic) bond motifs is 1. The molecule has 2 saturated heterocycles. The molecule has 1 N–H and O–H groups in total. The van der Waals surface area contributed by atoms with Crippen molar-refractivity contribution < 1.29 is 13.9 Å². The molecule has 3 aliphatic rings. The van der Waals surface area contributed by atoms with Crippen molar-refractivity contribution in [1.29, 1.82) is 5.26 Å². The number of carbonyl (C=O) groups excluding carboxylic acids is 1. The number of amides is 1. The van der Waals surface area contributed by atoms with Gasteiger partial charge in [0.1, 0.15) is 17.3 Å². The molecular weight excluding hydrogens is 449 g/mol. The van der Waals surface area contributed by atoms with Gasteiger partial charge >= 0.3 is 6.09 Å². The number of anilines is 1. The highest BCUT2D eigenvalue weighted by molar-refractivity contribution is 5.90. The van der Waals surface area contributed by atoms with E-state index in [-0.39, 0.29) is 17.4 Å². The number of hydrogen-bond acceptors (Lipinski definition) is 7. The third-order valence-corrected chi connectivity index (χ3v) is 8.40. The fourth-order valence-electron chi connectivity index (χ4n) is 6.20. The van der Waals surface area contributed by atoms with Crippen molar-refractivity contribution in [3.8, 4) is 17.2 Å². The number of ether oxygens (including phenoxy) is 1. The van der Waals surface area contributed by atoms with Crippen LogP contribution in [0, 0.1) is 28.0 Å². The summed E-state index contributed by atoms with van der Waals surface area (Å²) < 4.78 is 22.1. The molecule has 9 nitrogen and oxygen atoms in total. The highest BCUT2D eigenvalue weighted by Crippen LogP contribution is 2.79. The zero-order valence-corrected chi connectivity index (χ0v) is 19.4. The van der Waals surface area contributed by atoms with Crippen LogP contribution in [0.4, 0.5) is 14.9 Å². The summed E-state index contributed by atoms with van der Waals surface area (Å²) in [5, 5.41) is 21.1. The van der Waals surface area contributed by atoms with Crippen molar-refractivity contribution in [1.82, 2.24) is 25.3 Å². The van der Waals surface area contributed by atoms with E-state index in [1.807, 2.05) is 12.1 Å². The molecule has 0 spiro atoms. The van der Waals surface area contributed by atoms with Crippen LogP contribution in [0.2, 0.25) is 0 Å². The second kappa shape index (κ2) is 7.33. The van der Waals surface area contributed by atoms with Gasteiger partial charge in [0.2, 0.25) is 0 Å². The molecule has 1 unspecified atom stereocenters. The number of nitrogens with zero attached hydrogens (tertiary/aromatic N) is 6. The van der Waals surface area contributed by atoms with E-state index >= 15 is 4.39 Å². The predicted molar refractivity (Wildman–Crippen MR) is 124 cm³/mol. The molecule has 0 radical (unpaired) electrons. The maximum Gasteiger partial charge on any atom is 0.414 e. The monoisotopic (exact) mass is 473 g/mol. The van der Waals surface area contributed by atoms with Gasteiger partial charge in [0.25, 0.3) is 0 Å². The maximum absolute atomic E-state index is 15.2. The summed E-state index contributed by atoms with van der Waals surface area (Å²) in [7, 11) is 0. The molecule has 178 valence electrons. The zero-order valence-electron chi connectivity index (χ0n) is 19.4. The lowest BCUT2D eigenvalue weighted by atomic mass is 9.89. The van der Waals surface area contributed by atoms with Crippen LogP contribution in [-0.4, -0.2) is 51.8 Å². The van der Waals surface area contributed by atoms with E-state index in [1.165, 1.54) is 11.0 Å². The molecule has 0 bridgehead atoms. The quantitative estimate of drug-likeness (QED) is 0.607. The van der Waals surface area contributed by atoms with Gasteiger partial charge in [0.05, 0.1) is 36.7 Å². The van der Waals surface area contributed by atoms with Gasteiger partial charge in [-0.3, -0.25) is 9.88 Å². The molecule has 1 aromatic carbocycles. The molecule has 3 aromatic rings. The van der Waals surface area contributed by atoms with Crippen LogP contribution in [-0.2, 0) is 16.7 Å². The lowest BCUT2D eigenvalue weighted by Gasteiger charge is -2.19. The molecule has 10 heteroatoms. The van der Waals surface area contributed by atoms with Crippen molar-refractivity contribution in [3.63, 3.8) is 0 Å². The first kappa shape index (κ1) is 21.7. The number of nitriles is 1. The van der Waals surface area contributed by atoms with Gasteiger partial charge < -0.3 is 10.1 Å². The number of pyridine rings is 1. The topological polar surface area (TPSA) is 109 Å². The Labute approximate surface area is 201 Å². The van der Waals surface area contributed by atoms with Gasteiger partial charge in [-0.05, 0) is 24.3 Å². The predicted octanol–water partition coefficient (Wildman–Crippen LogP) is 2.90. The minimum Gasteiger partial charge on any atom is -0.442 e. The molecule has 6 rings (SSSR count). The summed E-state index contributed by atoms with van der Waals surface area (Å²) in [6.07, 6.45) is 3.94. The standard InChI is InChI=1S/C25H24FN7O2/c1-23-14-28-15-24(23,2)25(23,13-27)21-6-3-16(10-29-21)19-5-4-17(9-20(19)26)33-12-18(35-22(33)34)11-32-8-7-30-31-32/h3-10,18,28H,11-12,14-15H2,1-2H3/t18-,23-,24+,25?/m0/s1. The number of cyclic esters (lactones) is 1. The lowest BCUT2D eigenvalue weighted by molar-refractivity contribution is 0.129. The van der Waals surface area contributed by atoms with Crippen molar-refractivity contribution >= 4 is 11.8 Å². The molecule has 2 aliphatic heterocycles. The van der Waals surface area contributed by atoms with E-state index in [0.717, 1.165) is 18.8 Å². The smallest absolute Gasteiger partial charge is 0.414 e. The second-order valence-corrected chi connectivity index (χ2v) is 9.97. The Balaban J connectivity index is 1.22. The first-order chi connectivity index (χ1) is 16.8. The zero-order chi connectivity index (χ0) is 24.4. The Morgan fingerprint density at radius 3 is 2.69 bits per heavy atom. The molecule has 4 atom stereocenters. The van der Waals surface area contributed by atoms with Crippen LogP contribution in [0.5, 0.6) is 0 Å². The Hall–Kier alpha value is -3.84. The minimum absolute atomic E-state index is 0.174. The number of nitrogens with one attached hydrogen (secondary N) is 1. The molecule has 1 amide bonds. The van der Waals surface area contributed by atoms with Crippen LogP contribution >= 0.6 is 0 Å². The average Bonchev–Trinajstić information content (AvgIpc) is 3.41. The van der Waals surface area contributed by atoms with Crippen LogP contribution in [0.15, 0.2) is 48.9 Å². The highest BCUT2D eigenvalue weighted by atomic mass is 19.1. The Bertz CT molecular complexity index is 1340. The number of aromatic nitrogens is 4. The molecule has 35 heavy (non-hydrogen) atoms. The van der Waals surface area contributed by atoms with Crippen molar-refractivity contribution in [3.05, 3.63) is 60.4 Å². The van der Waals surface area contributed by atoms with Gasteiger partial charge in [-0.1, -0.05) is 25.1 Å². The summed E-state index contributed by atoms with van der Waals surface area (Å²) in [5.41, 5.74) is 1.14. The summed E-state index contributed by atoms with van der Waals surface area (Å²) in [4.78, 5) is 18.4. The van der Waals surface area contributed by atoms with Gasteiger partial charge in [-0.25, -0.2) is 13.9 Å². The summed E-state index contributed by atoms with van der Waals surface area (Å²) in [6.45, 7) is 6.47. The third kappa shape index (κ3) is 2.82. The summed E-state index contributed by atoms with van der Waals surface area (Å²) in [6, 6.07) is 10.9. The number of carbonyl (C=O) groups is 1. The van der Waals surface area contributed by atoms with Crippen LogP contribution < -0.4 is 10.2 Å². The maximum atomic E-state index is 15.2. The molecule has 3 fully saturated rings. The van der Waals surface area contributed by atoms with E-state index in [0.29, 0.717) is 23.4 Å². The van der Waals surface area contributed by atoms with E-state index in [2.05, 4.69) is 40.5 Å². The van der Waals surface area contributed by atoms with Crippen molar-refractivity contribution in [2.24, 2.45) is 10.8 Å². The Kier molecular flexibility index (Phi) is 4.54. The van der Waals surface area contributed by atoms with Crippen LogP contribution in [0.1, 0.15) is 19.5 Å². The van der Waals surface area contributed by atoms with E-state index in [1.54, 1.807) is 35.4 Å². The summed E-state index contributed by atoms with van der Waals surface area (Å²) >= 11 is 0. The SMILES string of the molecule is C[C@@]12CNC[C@]1(C)C2(C#N)c1ccc(-c2ccc(N3C[C@H](Cn4ccnn4)OC3=O)cc2F)cn1. The van der Waals surface area contributed by atoms with Gasteiger partial charge in [0, 0.05) is 47.4 Å². The van der Waals surface area contributed by atoms with Crippen LogP contribution in [0.3, 0.4) is 0 Å². The number of piperidine rings is 1. The molecule has 4 heterocycles. The third-order valence-electron chi connectivity index (χ3n) is 8.40. The first-order valence-electron chi connectivity index (χ1n) is 11.5. The first-order valence-corrected chi connectivity index (χ1v) is 11.5. The minimum atomic E-state index is -0.648. The molecular formula is C25H24FN7O2. The highest BCUT2D eigenvalue weighted by Gasteiger charge is 2.85. The number of halogens is 1. The van der Waals surface area contributed by atoms with Gasteiger partial charge in [0.15, 0.2) is 0 Å².